The summed E-state index contributed by atoms with van der Waals surface area (Å²) in [5.41, 5.74) is 13.0. The molecule has 49 heavy (non-hydrogen) atoms. The Morgan fingerprint density at radius 3 is 1.73 bits per heavy atom. The molecule has 0 radical (unpaired) electrons. The standard InChI is InChI=1S/C49H34/c1-49(2)46-22-12-11-20-41(46)45-28-32-23-24-34(27-35(32)30-47(45)49)37-16-7-8-18-39(37)40-19-9-10-21-42(40)48-38-17-6-4-14-33(38)29-44-36-15-5-3-13-31(36)25-26-43(44)48/h3-30H,1-2H3. The van der Waals surface area contributed by atoms with Gasteiger partial charge in [-0.2, -0.15) is 0 Å². The Morgan fingerprint density at radius 1 is 0.306 bits per heavy atom. The van der Waals surface area contributed by atoms with Crippen molar-refractivity contribution in [1.29, 1.82) is 0 Å². The van der Waals surface area contributed by atoms with Crippen LogP contribution in [0.5, 0.6) is 0 Å². The average molecular weight is 623 g/mol. The summed E-state index contributed by atoms with van der Waals surface area (Å²) in [4.78, 5) is 0. The molecular formula is C49H34. The van der Waals surface area contributed by atoms with E-state index in [0.717, 1.165) is 0 Å². The van der Waals surface area contributed by atoms with E-state index >= 15 is 0 Å². The van der Waals surface area contributed by atoms with E-state index in [1.54, 1.807) is 0 Å². The Morgan fingerprint density at radius 2 is 0.918 bits per heavy atom. The van der Waals surface area contributed by atoms with E-state index in [9.17, 15) is 0 Å². The highest BCUT2D eigenvalue weighted by Crippen LogP contribution is 2.50. The first-order valence-corrected chi connectivity index (χ1v) is 17.3. The molecule has 1 aliphatic rings. The van der Waals surface area contributed by atoms with Gasteiger partial charge in [0.1, 0.15) is 0 Å². The Balaban J connectivity index is 1.19. The molecule has 230 valence electrons. The van der Waals surface area contributed by atoms with Gasteiger partial charge >= 0.3 is 0 Å². The van der Waals surface area contributed by atoms with Crippen LogP contribution in [0.4, 0.5) is 0 Å². The highest BCUT2D eigenvalue weighted by Gasteiger charge is 2.35. The van der Waals surface area contributed by atoms with Gasteiger partial charge in [-0.15, -0.1) is 0 Å². The maximum atomic E-state index is 2.44. The Labute approximate surface area is 286 Å². The summed E-state index contributed by atoms with van der Waals surface area (Å²) in [5, 5.41) is 10.2. The predicted octanol–water partition coefficient (Wildman–Crippen LogP) is 13.6. The molecular weight excluding hydrogens is 589 g/mol. The second-order valence-electron chi connectivity index (χ2n) is 14.1. The van der Waals surface area contributed by atoms with E-state index in [1.165, 1.54) is 98.7 Å². The summed E-state index contributed by atoms with van der Waals surface area (Å²) in [6, 6.07) is 63.3. The van der Waals surface area contributed by atoms with E-state index in [0.29, 0.717) is 0 Å². The minimum Gasteiger partial charge on any atom is -0.0619 e. The lowest BCUT2D eigenvalue weighted by Gasteiger charge is -2.22. The molecule has 0 aliphatic heterocycles. The molecule has 0 saturated heterocycles. The van der Waals surface area contributed by atoms with E-state index in [4.69, 9.17) is 0 Å². The molecule has 0 heteroatoms. The minimum atomic E-state index is -0.0282. The maximum absolute atomic E-state index is 2.44. The van der Waals surface area contributed by atoms with Crippen molar-refractivity contribution in [1.82, 2.24) is 0 Å². The first kappa shape index (κ1) is 28.1. The smallest absolute Gasteiger partial charge is 0.0159 e. The van der Waals surface area contributed by atoms with Crippen LogP contribution in [0, 0.1) is 0 Å². The van der Waals surface area contributed by atoms with Crippen LogP contribution in [-0.4, -0.2) is 0 Å². The molecule has 0 spiro atoms. The summed E-state index contributed by atoms with van der Waals surface area (Å²) >= 11 is 0. The Hall–Kier alpha value is -5.98. The average Bonchev–Trinajstić information content (AvgIpc) is 3.38. The second-order valence-corrected chi connectivity index (χ2v) is 14.1. The number of hydrogen-bond acceptors (Lipinski definition) is 0. The zero-order chi connectivity index (χ0) is 32.7. The molecule has 0 amide bonds. The summed E-state index contributed by atoms with van der Waals surface area (Å²) in [6.45, 7) is 4.72. The van der Waals surface area contributed by atoms with E-state index < -0.39 is 0 Å². The second kappa shape index (κ2) is 10.5. The number of benzene rings is 9. The zero-order valence-corrected chi connectivity index (χ0v) is 27.7. The summed E-state index contributed by atoms with van der Waals surface area (Å²) < 4.78 is 0. The third-order valence-corrected chi connectivity index (χ3v) is 11.0. The molecule has 0 fully saturated rings. The highest BCUT2D eigenvalue weighted by molar-refractivity contribution is 6.21. The van der Waals surface area contributed by atoms with Crippen LogP contribution in [-0.2, 0) is 5.41 Å². The van der Waals surface area contributed by atoms with Crippen LogP contribution in [0.15, 0.2) is 170 Å². The lowest BCUT2D eigenvalue weighted by Crippen LogP contribution is -2.14. The largest absolute Gasteiger partial charge is 0.0619 e. The fourth-order valence-corrected chi connectivity index (χ4v) is 8.63. The topological polar surface area (TPSA) is 0 Å². The molecule has 0 atom stereocenters. The van der Waals surface area contributed by atoms with Gasteiger partial charge in [-0.25, -0.2) is 0 Å². The monoisotopic (exact) mass is 622 g/mol. The van der Waals surface area contributed by atoms with Crippen molar-refractivity contribution in [2.75, 3.05) is 0 Å². The van der Waals surface area contributed by atoms with Crippen LogP contribution < -0.4 is 0 Å². The molecule has 0 N–H and O–H groups in total. The number of rotatable bonds is 3. The molecule has 0 aromatic heterocycles. The van der Waals surface area contributed by atoms with E-state index in [1.807, 2.05) is 0 Å². The quantitative estimate of drug-likeness (QED) is 0.136. The number of fused-ring (bicyclic) bond motifs is 8. The molecule has 1 aliphatic carbocycles. The Kier molecular flexibility index (Phi) is 6.02. The molecule has 9 aromatic carbocycles. The van der Waals surface area contributed by atoms with Crippen molar-refractivity contribution in [3.8, 4) is 44.5 Å². The molecule has 9 aromatic rings. The lowest BCUT2D eigenvalue weighted by atomic mass is 9.81. The predicted molar refractivity (Wildman–Crippen MR) is 210 cm³/mol. The van der Waals surface area contributed by atoms with Gasteiger partial charge in [-0.05, 0) is 123 Å². The number of hydrogen-bond donors (Lipinski definition) is 0. The van der Waals surface area contributed by atoms with Crippen LogP contribution in [0.1, 0.15) is 25.0 Å². The van der Waals surface area contributed by atoms with Crippen molar-refractivity contribution in [3.05, 3.63) is 181 Å². The first-order valence-electron chi connectivity index (χ1n) is 17.3. The van der Waals surface area contributed by atoms with E-state index in [2.05, 4.69) is 184 Å². The van der Waals surface area contributed by atoms with Gasteiger partial charge in [0.2, 0.25) is 0 Å². The summed E-state index contributed by atoms with van der Waals surface area (Å²) in [7, 11) is 0. The normalized spacial score (nSPS) is 13.3. The van der Waals surface area contributed by atoms with Gasteiger partial charge < -0.3 is 0 Å². The van der Waals surface area contributed by atoms with Crippen molar-refractivity contribution in [3.63, 3.8) is 0 Å². The molecule has 0 saturated carbocycles. The Bertz CT molecular complexity index is 2800. The van der Waals surface area contributed by atoms with Crippen LogP contribution in [0.3, 0.4) is 0 Å². The van der Waals surface area contributed by atoms with Gasteiger partial charge in [0.05, 0.1) is 0 Å². The summed E-state index contributed by atoms with van der Waals surface area (Å²) in [6.07, 6.45) is 0. The van der Waals surface area contributed by atoms with Crippen molar-refractivity contribution >= 4 is 43.1 Å². The molecule has 0 heterocycles. The van der Waals surface area contributed by atoms with Gasteiger partial charge in [0, 0.05) is 5.41 Å². The van der Waals surface area contributed by atoms with Gasteiger partial charge in [-0.1, -0.05) is 159 Å². The minimum absolute atomic E-state index is 0.0282. The van der Waals surface area contributed by atoms with Crippen molar-refractivity contribution in [2.24, 2.45) is 0 Å². The zero-order valence-electron chi connectivity index (χ0n) is 27.7. The molecule has 0 bridgehead atoms. The van der Waals surface area contributed by atoms with Crippen molar-refractivity contribution in [2.45, 2.75) is 19.3 Å². The first-order chi connectivity index (χ1) is 24.1. The molecule has 10 rings (SSSR count). The van der Waals surface area contributed by atoms with Gasteiger partial charge in [0.25, 0.3) is 0 Å². The lowest BCUT2D eigenvalue weighted by molar-refractivity contribution is 0.661. The fraction of sp³-hybridized carbons (Fsp3) is 0.0612. The van der Waals surface area contributed by atoms with Crippen LogP contribution in [0.25, 0.3) is 87.6 Å². The summed E-state index contributed by atoms with van der Waals surface area (Å²) in [5.74, 6) is 0. The van der Waals surface area contributed by atoms with Crippen molar-refractivity contribution < 1.29 is 0 Å². The highest BCUT2D eigenvalue weighted by atomic mass is 14.4. The van der Waals surface area contributed by atoms with Gasteiger partial charge in [-0.3, -0.25) is 0 Å². The van der Waals surface area contributed by atoms with Crippen LogP contribution in [0.2, 0.25) is 0 Å². The third-order valence-electron chi connectivity index (χ3n) is 11.0. The van der Waals surface area contributed by atoms with Crippen LogP contribution >= 0.6 is 0 Å². The maximum Gasteiger partial charge on any atom is 0.0159 e. The molecule has 0 nitrogen and oxygen atoms in total. The SMILES string of the molecule is CC1(C)c2ccccc2-c2cc3ccc(-c4ccccc4-c4ccccc4-c4c5ccccc5cc5c4ccc4ccccc45)cc3cc21. The van der Waals surface area contributed by atoms with Gasteiger partial charge in [0.15, 0.2) is 0 Å². The van der Waals surface area contributed by atoms with E-state index in [-0.39, 0.29) is 5.41 Å². The molecule has 0 unspecified atom stereocenters. The fourth-order valence-electron chi connectivity index (χ4n) is 8.63. The third kappa shape index (κ3) is 4.17.